The van der Waals surface area contributed by atoms with E-state index < -0.39 is 0 Å². The molecule has 0 aromatic heterocycles. The second-order valence-corrected chi connectivity index (χ2v) is 14.6. The maximum Gasteiger partial charge on any atom is 0.170 e. The van der Waals surface area contributed by atoms with Crippen molar-refractivity contribution in [2.75, 3.05) is 0 Å². The van der Waals surface area contributed by atoms with E-state index in [1.165, 1.54) is 22.3 Å². The van der Waals surface area contributed by atoms with Gasteiger partial charge < -0.3 is 14.0 Å². The van der Waals surface area contributed by atoms with E-state index in [1.54, 1.807) is 0 Å². The molecule has 3 aromatic rings. The number of hydrogen-bond acceptors (Lipinski definition) is 3. The van der Waals surface area contributed by atoms with Crippen LogP contribution in [-0.2, 0) is 21.7 Å². The van der Waals surface area contributed by atoms with Gasteiger partial charge in [-0.1, -0.05) is 107 Å². The number of benzene rings is 3. The average Bonchev–Trinajstić information content (AvgIpc) is 2.77. The molecule has 38 heavy (non-hydrogen) atoms. The Labute approximate surface area is 233 Å². The van der Waals surface area contributed by atoms with E-state index in [-0.39, 0.29) is 21.7 Å². The SMILES string of the molecule is CC(C)(C)c1ccc(OP)c(Oc2ccc(C(C)(C)C)cc2Oc2ccc(C(C)(C)C)cc2C(C)(C)C)c1. The van der Waals surface area contributed by atoms with E-state index in [1.807, 2.05) is 12.1 Å². The molecule has 3 aromatic carbocycles. The highest BCUT2D eigenvalue weighted by atomic mass is 31.0. The van der Waals surface area contributed by atoms with Crippen LogP contribution in [0, 0.1) is 0 Å². The van der Waals surface area contributed by atoms with Crippen LogP contribution in [0.25, 0.3) is 0 Å². The zero-order valence-electron chi connectivity index (χ0n) is 25.5. The van der Waals surface area contributed by atoms with Crippen LogP contribution in [-0.4, -0.2) is 0 Å². The molecule has 0 amide bonds. The summed E-state index contributed by atoms with van der Waals surface area (Å²) in [7, 11) is 2.33. The summed E-state index contributed by atoms with van der Waals surface area (Å²) in [5.74, 6) is 3.47. The summed E-state index contributed by atoms with van der Waals surface area (Å²) in [5.41, 5.74) is 4.68. The molecular weight excluding hydrogens is 487 g/mol. The number of hydrogen-bond donors (Lipinski definition) is 0. The van der Waals surface area contributed by atoms with Crippen LogP contribution in [0.15, 0.2) is 54.6 Å². The minimum absolute atomic E-state index is 0.0244. The summed E-state index contributed by atoms with van der Waals surface area (Å²) < 4.78 is 18.9. The predicted molar refractivity (Wildman–Crippen MR) is 165 cm³/mol. The maximum atomic E-state index is 6.74. The Morgan fingerprint density at radius 1 is 0.421 bits per heavy atom. The first-order valence-electron chi connectivity index (χ1n) is 13.5. The first-order chi connectivity index (χ1) is 17.3. The van der Waals surface area contributed by atoms with Crippen molar-refractivity contribution in [1.82, 2.24) is 0 Å². The van der Waals surface area contributed by atoms with E-state index in [0.29, 0.717) is 23.0 Å². The third kappa shape index (κ3) is 7.11. The van der Waals surface area contributed by atoms with E-state index in [0.717, 1.165) is 5.75 Å². The van der Waals surface area contributed by atoms with Crippen LogP contribution >= 0.6 is 9.47 Å². The van der Waals surface area contributed by atoms with Crippen molar-refractivity contribution in [3.63, 3.8) is 0 Å². The summed E-state index contributed by atoms with van der Waals surface area (Å²) in [6, 6.07) is 18.9. The largest absolute Gasteiger partial charge is 0.476 e. The molecular formula is C34H47O3P. The summed E-state index contributed by atoms with van der Waals surface area (Å²) in [5, 5.41) is 0. The smallest absolute Gasteiger partial charge is 0.170 e. The van der Waals surface area contributed by atoms with Gasteiger partial charge in [-0.05, 0) is 68.7 Å². The van der Waals surface area contributed by atoms with Crippen molar-refractivity contribution in [2.45, 2.75) is 105 Å². The van der Waals surface area contributed by atoms with E-state index in [2.05, 4.69) is 135 Å². The van der Waals surface area contributed by atoms with Crippen molar-refractivity contribution >= 4 is 9.47 Å². The molecule has 1 unspecified atom stereocenters. The minimum Gasteiger partial charge on any atom is -0.476 e. The molecule has 0 radical (unpaired) electrons. The van der Waals surface area contributed by atoms with Crippen LogP contribution in [0.3, 0.4) is 0 Å². The van der Waals surface area contributed by atoms with E-state index in [9.17, 15) is 0 Å². The topological polar surface area (TPSA) is 27.7 Å². The number of ether oxygens (including phenoxy) is 2. The molecule has 0 aliphatic rings. The van der Waals surface area contributed by atoms with Crippen LogP contribution < -0.4 is 14.0 Å². The fraction of sp³-hybridized carbons (Fsp3) is 0.471. The monoisotopic (exact) mass is 534 g/mol. The average molecular weight is 535 g/mol. The van der Waals surface area contributed by atoms with Gasteiger partial charge in [0.15, 0.2) is 23.0 Å². The Balaban J connectivity index is 2.17. The molecule has 0 aliphatic carbocycles. The van der Waals surface area contributed by atoms with Crippen LogP contribution in [0.2, 0.25) is 0 Å². The van der Waals surface area contributed by atoms with Gasteiger partial charge in [-0.3, -0.25) is 0 Å². The molecule has 0 heterocycles. The number of rotatable bonds is 5. The Kier molecular flexibility index (Phi) is 8.36. The summed E-state index contributed by atoms with van der Waals surface area (Å²) in [4.78, 5) is 0. The summed E-state index contributed by atoms with van der Waals surface area (Å²) in [6.45, 7) is 26.6. The molecule has 0 bridgehead atoms. The lowest BCUT2D eigenvalue weighted by molar-refractivity contribution is 0.399. The Morgan fingerprint density at radius 3 is 1.21 bits per heavy atom. The summed E-state index contributed by atoms with van der Waals surface area (Å²) >= 11 is 0. The molecule has 0 aliphatic heterocycles. The Bertz CT molecular complexity index is 1280. The van der Waals surface area contributed by atoms with Crippen molar-refractivity contribution in [3.05, 3.63) is 76.9 Å². The third-order valence-electron chi connectivity index (χ3n) is 6.84. The zero-order valence-corrected chi connectivity index (χ0v) is 26.7. The molecule has 0 saturated heterocycles. The molecule has 3 rings (SSSR count). The Morgan fingerprint density at radius 2 is 0.789 bits per heavy atom. The molecule has 0 saturated carbocycles. The van der Waals surface area contributed by atoms with Gasteiger partial charge in [0.2, 0.25) is 0 Å². The molecule has 206 valence electrons. The van der Waals surface area contributed by atoms with Gasteiger partial charge in [-0.15, -0.1) is 0 Å². The predicted octanol–water partition coefficient (Wildman–Crippen LogP) is 10.6. The van der Waals surface area contributed by atoms with Gasteiger partial charge in [-0.2, -0.15) is 0 Å². The van der Waals surface area contributed by atoms with Gasteiger partial charge in [0.05, 0.1) is 9.47 Å². The lowest BCUT2D eigenvalue weighted by Gasteiger charge is -2.28. The second-order valence-electron chi connectivity index (χ2n) is 14.4. The van der Waals surface area contributed by atoms with Crippen LogP contribution in [0.4, 0.5) is 0 Å². The zero-order chi connectivity index (χ0) is 28.7. The fourth-order valence-corrected chi connectivity index (χ4v) is 4.39. The highest BCUT2D eigenvalue weighted by Crippen LogP contribution is 2.44. The molecule has 0 spiro atoms. The normalized spacial score (nSPS) is 12.9. The lowest BCUT2D eigenvalue weighted by Crippen LogP contribution is -2.17. The highest BCUT2D eigenvalue weighted by Gasteiger charge is 2.25. The molecule has 0 N–H and O–H groups in total. The second kappa shape index (κ2) is 10.6. The lowest BCUT2D eigenvalue weighted by atomic mass is 9.80. The summed E-state index contributed by atoms with van der Waals surface area (Å²) in [6.07, 6.45) is 0. The first-order valence-corrected chi connectivity index (χ1v) is 13.9. The van der Waals surface area contributed by atoms with Crippen molar-refractivity contribution in [2.24, 2.45) is 0 Å². The van der Waals surface area contributed by atoms with Gasteiger partial charge in [-0.25, -0.2) is 0 Å². The van der Waals surface area contributed by atoms with Crippen molar-refractivity contribution in [1.29, 1.82) is 0 Å². The van der Waals surface area contributed by atoms with Crippen molar-refractivity contribution < 1.29 is 14.0 Å². The third-order valence-corrected chi connectivity index (χ3v) is 7.09. The minimum atomic E-state index is -0.0965. The van der Waals surface area contributed by atoms with Crippen LogP contribution in [0.1, 0.15) is 105 Å². The van der Waals surface area contributed by atoms with Gasteiger partial charge in [0.1, 0.15) is 5.75 Å². The van der Waals surface area contributed by atoms with Gasteiger partial charge >= 0.3 is 0 Å². The first kappa shape index (κ1) is 30.0. The highest BCUT2D eigenvalue weighted by molar-refractivity contribution is 7.10. The molecule has 0 fully saturated rings. The van der Waals surface area contributed by atoms with Gasteiger partial charge in [0, 0.05) is 5.56 Å². The van der Waals surface area contributed by atoms with Gasteiger partial charge in [0.25, 0.3) is 0 Å². The molecule has 1 atom stereocenters. The fourth-order valence-electron chi connectivity index (χ4n) is 4.20. The van der Waals surface area contributed by atoms with E-state index in [4.69, 9.17) is 14.0 Å². The van der Waals surface area contributed by atoms with E-state index >= 15 is 0 Å². The maximum absolute atomic E-state index is 6.74. The van der Waals surface area contributed by atoms with Crippen molar-refractivity contribution in [3.8, 4) is 28.7 Å². The standard InChI is InChI=1S/C34H47O3P/c1-31(2,3)22-13-16-26(25(19-22)34(10,11)12)35-29-20-23(32(4,5)6)14-17-27(29)36-30-21-24(33(7,8)9)15-18-28(30)37-38/h13-21H,38H2,1-12H3. The van der Waals surface area contributed by atoms with Crippen LogP contribution in [0.5, 0.6) is 28.7 Å². The quantitative estimate of drug-likeness (QED) is 0.305. The molecule has 4 heteroatoms. The molecule has 3 nitrogen and oxygen atoms in total. The Hall–Kier alpha value is -2.51.